The molecule has 150 valence electrons. The fraction of sp³-hybridized carbons (Fsp3) is 0.263. The number of aromatic carboxylic acids is 1. The molecule has 0 radical (unpaired) electrons. The number of carboxylic acids is 1. The Morgan fingerprint density at radius 2 is 2.10 bits per heavy atom. The number of ether oxygens (including phenoxy) is 2. The average molecular weight is 415 g/mol. The normalized spacial score (nSPS) is 15.3. The van der Waals surface area contributed by atoms with Crippen LogP contribution in [0.4, 0.5) is 0 Å². The molecule has 2 aromatic heterocycles. The molecule has 0 saturated carbocycles. The van der Waals surface area contributed by atoms with Crippen molar-refractivity contribution >= 4 is 33.4 Å². The molecule has 29 heavy (non-hydrogen) atoms. The first kappa shape index (κ1) is 18.9. The Kier molecular flexibility index (Phi) is 4.93. The number of thiophene rings is 1. The van der Waals surface area contributed by atoms with E-state index in [0.717, 1.165) is 15.9 Å². The number of fused-ring (bicyclic) bond motifs is 2. The van der Waals surface area contributed by atoms with Gasteiger partial charge in [0.2, 0.25) is 5.91 Å². The summed E-state index contributed by atoms with van der Waals surface area (Å²) in [5, 5.41) is 12.2. The van der Waals surface area contributed by atoms with E-state index < -0.39 is 11.5 Å². The highest BCUT2D eigenvalue weighted by Gasteiger charge is 2.22. The first-order valence-corrected chi connectivity index (χ1v) is 9.62. The van der Waals surface area contributed by atoms with E-state index in [2.05, 4.69) is 10.3 Å². The summed E-state index contributed by atoms with van der Waals surface area (Å²) in [6, 6.07) is 7.28. The molecular formula is C19H17N3O6S. The van der Waals surface area contributed by atoms with Crippen LogP contribution in [0.15, 0.2) is 35.4 Å². The number of carbonyl (C=O) groups excluding carboxylic acids is 1. The van der Waals surface area contributed by atoms with Gasteiger partial charge in [-0.3, -0.25) is 14.2 Å². The number of nitrogens with one attached hydrogen (secondary N) is 1. The molecule has 1 atom stereocenters. The Bertz CT molecular complexity index is 1170. The molecule has 0 fully saturated rings. The molecule has 10 heteroatoms. The standard InChI is InChI=1S/C19H17N3O6S/c1-10-15-17(29-16(10)19(25)26)21-9-22(18(15)24)7-14(23)20-6-11-8-27-12-4-2-3-5-13(12)28-11/h2-5,9,11H,6-8H2,1H3,(H,20,23)(H,25,26)/t11-/m1/s1. The third-order valence-electron chi connectivity index (χ3n) is 4.52. The highest BCUT2D eigenvalue weighted by atomic mass is 32.1. The van der Waals surface area contributed by atoms with E-state index >= 15 is 0 Å². The van der Waals surface area contributed by atoms with E-state index in [0.29, 0.717) is 28.5 Å². The molecule has 1 aliphatic heterocycles. The van der Waals surface area contributed by atoms with Gasteiger partial charge in [-0.25, -0.2) is 9.78 Å². The largest absolute Gasteiger partial charge is 0.486 e. The predicted octanol–water partition coefficient (Wildman–Crippen LogP) is 1.42. The number of hydrogen-bond acceptors (Lipinski definition) is 7. The summed E-state index contributed by atoms with van der Waals surface area (Å²) < 4.78 is 12.5. The Balaban J connectivity index is 1.43. The Morgan fingerprint density at radius 1 is 1.34 bits per heavy atom. The summed E-state index contributed by atoms with van der Waals surface area (Å²) >= 11 is 0.942. The van der Waals surface area contributed by atoms with Crippen molar-refractivity contribution in [2.24, 2.45) is 0 Å². The molecule has 1 aromatic carbocycles. The van der Waals surface area contributed by atoms with Crippen molar-refractivity contribution in [3.05, 3.63) is 51.4 Å². The maximum absolute atomic E-state index is 12.7. The van der Waals surface area contributed by atoms with Crippen LogP contribution >= 0.6 is 11.3 Å². The molecule has 1 aliphatic rings. The first-order chi connectivity index (χ1) is 13.9. The lowest BCUT2D eigenvalue weighted by Crippen LogP contribution is -2.42. The number of carbonyl (C=O) groups is 2. The second kappa shape index (κ2) is 7.55. The molecular weight excluding hydrogens is 398 g/mol. The number of hydrogen-bond donors (Lipinski definition) is 2. The summed E-state index contributed by atoms with van der Waals surface area (Å²) in [6.07, 6.45) is 0.908. The SMILES string of the molecule is Cc1c(C(=O)O)sc2ncn(CC(=O)NC[C@@H]3COc4ccccc4O3)c(=O)c12. The van der Waals surface area contributed by atoms with Crippen molar-refractivity contribution in [1.29, 1.82) is 0 Å². The van der Waals surface area contributed by atoms with Gasteiger partial charge in [0.25, 0.3) is 5.56 Å². The van der Waals surface area contributed by atoms with E-state index in [1.54, 1.807) is 13.0 Å². The van der Waals surface area contributed by atoms with Crippen LogP contribution in [0.3, 0.4) is 0 Å². The Morgan fingerprint density at radius 3 is 2.86 bits per heavy atom. The number of aromatic nitrogens is 2. The lowest BCUT2D eigenvalue weighted by molar-refractivity contribution is -0.122. The smallest absolute Gasteiger partial charge is 0.346 e. The average Bonchev–Trinajstić information content (AvgIpc) is 3.06. The van der Waals surface area contributed by atoms with Crippen molar-refractivity contribution in [2.75, 3.05) is 13.2 Å². The van der Waals surface area contributed by atoms with Crippen LogP contribution in [-0.4, -0.2) is 45.8 Å². The number of aryl methyl sites for hydroxylation is 1. The van der Waals surface area contributed by atoms with Crippen molar-refractivity contribution in [1.82, 2.24) is 14.9 Å². The molecule has 0 bridgehead atoms. The number of rotatable bonds is 5. The summed E-state index contributed by atoms with van der Waals surface area (Å²) in [6.45, 7) is 1.85. The number of para-hydroxylation sites is 2. The molecule has 0 spiro atoms. The topological polar surface area (TPSA) is 120 Å². The van der Waals surface area contributed by atoms with Gasteiger partial charge in [0, 0.05) is 0 Å². The molecule has 0 unspecified atom stereocenters. The molecule has 0 saturated heterocycles. The summed E-state index contributed by atoms with van der Waals surface area (Å²) in [4.78, 5) is 40.8. The van der Waals surface area contributed by atoms with Crippen molar-refractivity contribution < 1.29 is 24.2 Å². The monoisotopic (exact) mass is 415 g/mol. The van der Waals surface area contributed by atoms with E-state index in [1.165, 1.54) is 6.33 Å². The van der Waals surface area contributed by atoms with Gasteiger partial charge in [0.1, 0.15) is 29.0 Å². The second-order valence-corrected chi connectivity index (χ2v) is 7.52. The van der Waals surface area contributed by atoms with Crippen LogP contribution in [0.1, 0.15) is 15.2 Å². The molecule has 2 N–H and O–H groups in total. The summed E-state index contributed by atoms with van der Waals surface area (Å²) in [5.41, 5.74) is -0.0891. The van der Waals surface area contributed by atoms with Gasteiger partial charge >= 0.3 is 5.97 Å². The maximum atomic E-state index is 12.7. The van der Waals surface area contributed by atoms with Gasteiger partial charge < -0.3 is 19.9 Å². The van der Waals surface area contributed by atoms with Gasteiger partial charge in [-0.2, -0.15) is 0 Å². The minimum Gasteiger partial charge on any atom is -0.486 e. The molecule has 1 amide bonds. The molecule has 9 nitrogen and oxygen atoms in total. The molecule has 0 aliphatic carbocycles. The van der Waals surface area contributed by atoms with Gasteiger partial charge in [-0.05, 0) is 24.6 Å². The van der Waals surface area contributed by atoms with Crippen molar-refractivity contribution in [3.63, 3.8) is 0 Å². The quantitative estimate of drug-likeness (QED) is 0.647. The lowest BCUT2D eigenvalue weighted by Gasteiger charge is -2.26. The maximum Gasteiger partial charge on any atom is 0.346 e. The van der Waals surface area contributed by atoms with E-state index in [9.17, 15) is 19.5 Å². The van der Waals surface area contributed by atoms with E-state index in [1.807, 2.05) is 18.2 Å². The van der Waals surface area contributed by atoms with Crippen LogP contribution in [-0.2, 0) is 11.3 Å². The summed E-state index contributed by atoms with van der Waals surface area (Å²) in [5.74, 6) is -0.216. The van der Waals surface area contributed by atoms with E-state index in [-0.39, 0.29) is 35.4 Å². The highest BCUT2D eigenvalue weighted by molar-refractivity contribution is 7.20. The van der Waals surface area contributed by atoms with Crippen LogP contribution in [0, 0.1) is 6.92 Å². The molecule has 3 aromatic rings. The zero-order valence-corrected chi connectivity index (χ0v) is 16.2. The van der Waals surface area contributed by atoms with Crippen LogP contribution in [0.5, 0.6) is 11.5 Å². The van der Waals surface area contributed by atoms with Gasteiger partial charge in [-0.1, -0.05) is 12.1 Å². The fourth-order valence-electron chi connectivity index (χ4n) is 3.08. The number of benzene rings is 1. The van der Waals surface area contributed by atoms with Crippen molar-refractivity contribution in [3.8, 4) is 11.5 Å². The molecule has 3 heterocycles. The van der Waals surface area contributed by atoms with Crippen LogP contribution in [0.2, 0.25) is 0 Å². The number of amides is 1. The minimum absolute atomic E-state index is 0.0709. The summed E-state index contributed by atoms with van der Waals surface area (Å²) in [7, 11) is 0. The van der Waals surface area contributed by atoms with Gasteiger partial charge in [0.15, 0.2) is 11.5 Å². The Hall–Kier alpha value is -3.40. The van der Waals surface area contributed by atoms with Gasteiger partial charge in [0.05, 0.1) is 18.3 Å². The number of carboxylic acid groups (broad SMARTS) is 1. The van der Waals surface area contributed by atoms with Crippen LogP contribution in [0.25, 0.3) is 10.2 Å². The van der Waals surface area contributed by atoms with Crippen molar-refractivity contribution in [2.45, 2.75) is 19.6 Å². The minimum atomic E-state index is -1.11. The third-order valence-corrected chi connectivity index (χ3v) is 5.71. The zero-order chi connectivity index (χ0) is 20.5. The first-order valence-electron chi connectivity index (χ1n) is 8.81. The van der Waals surface area contributed by atoms with Crippen LogP contribution < -0.4 is 20.3 Å². The van der Waals surface area contributed by atoms with E-state index in [4.69, 9.17) is 9.47 Å². The lowest BCUT2D eigenvalue weighted by atomic mass is 10.2. The zero-order valence-electron chi connectivity index (χ0n) is 15.4. The second-order valence-electron chi connectivity index (χ2n) is 6.52. The number of nitrogens with zero attached hydrogens (tertiary/aromatic N) is 2. The Labute approximate surface area is 168 Å². The molecule has 4 rings (SSSR count). The highest BCUT2D eigenvalue weighted by Crippen LogP contribution is 2.30. The predicted molar refractivity (Wildman–Crippen MR) is 105 cm³/mol. The van der Waals surface area contributed by atoms with Gasteiger partial charge in [-0.15, -0.1) is 11.3 Å². The third kappa shape index (κ3) is 3.66. The fourth-order valence-corrected chi connectivity index (χ4v) is 4.06.